The molecule has 2 heterocycles. The fourth-order valence-electron chi connectivity index (χ4n) is 3.67. The van der Waals surface area contributed by atoms with Gasteiger partial charge in [0.1, 0.15) is 6.10 Å². The Balaban J connectivity index is 1.23. The van der Waals surface area contributed by atoms with Crippen LogP contribution in [0.3, 0.4) is 0 Å². The van der Waals surface area contributed by atoms with Gasteiger partial charge in [-0.1, -0.05) is 48.5 Å². The molecular weight excluding hydrogens is 376 g/mol. The molecule has 0 radical (unpaired) electrons. The minimum atomic E-state index is -0.430. The molecule has 1 atom stereocenters. The molecule has 0 bridgehead atoms. The molecule has 2 aromatic carbocycles. The predicted molar refractivity (Wildman–Crippen MR) is 116 cm³/mol. The molecule has 0 N–H and O–H groups in total. The summed E-state index contributed by atoms with van der Waals surface area (Å²) in [5.41, 5.74) is 3.32. The van der Waals surface area contributed by atoms with E-state index in [-0.39, 0.29) is 5.91 Å². The Bertz CT molecular complexity index is 934. The predicted octanol–water partition coefficient (Wildman–Crippen LogP) is 3.12. The average molecular weight is 405 g/mol. The fraction of sp³-hybridized carbons (Fsp3) is 0.333. The maximum absolute atomic E-state index is 12.7. The molecule has 1 aliphatic heterocycles. The first-order chi connectivity index (χ1) is 14.7. The highest BCUT2D eigenvalue weighted by Gasteiger charge is 2.25. The van der Waals surface area contributed by atoms with Gasteiger partial charge in [-0.2, -0.15) is 5.10 Å². The van der Waals surface area contributed by atoms with E-state index in [1.807, 2.05) is 83.4 Å². The van der Waals surface area contributed by atoms with E-state index < -0.39 is 6.10 Å². The summed E-state index contributed by atoms with van der Waals surface area (Å²) >= 11 is 0. The molecule has 0 saturated carbocycles. The molecule has 3 aromatic rings. The van der Waals surface area contributed by atoms with Gasteiger partial charge in [-0.15, -0.1) is 0 Å². The van der Waals surface area contributed by atoms with Crippen molar-refractivity contribution in [1.29, 1.82) is 0 Å². The highest BCUT2D eigenvalue weighted by Crippen LogP contribution is 2.13. The minimum absolute atomic E-state index is 0.0717. The largest absolute Gasteiger partial charge is 0.364 e. The lowest BCUT2D eigenvalue weighted by molar-refractivity contribution is -0.145. The number of benzene rings is 2. The van der Waals surface area contributed by atoms with Crippen molar-refractivity contribution in [3.05, 3.63) is 84.2 Å². The van der Waals surface area contributed by atoms with Crippen molar-refractivity contribution in [2.45, 2.75) is 26.2 Å². The summed E-state index contributed by atoms with van der Waals surface area (Å²) in [6, 6.07) is 20.1. The molecule has 1 aliphatic rings. The maximum Gasteiger partial charge on any atom is 0.251 e. The lowest BCUT2D eigenvalue weighted by Crippen LogP contribution is -2.51. The number of para-hydroxylation sites is 1. The number of carbonyl (C=O) groups is 1. The summed E-state index contributed by atoms with van der Waals surface area (Å²) in [4.78, 5) is 17.0. The molecular formula is C24H28N4O2. The highest BCUT2D eigenvalue weighted by molar-refractivity contribution is 5.80. The SMILES string of the molecule is CC(OCc1ccccc1)C(=O)N1CCN(Cc2cnn(-c3ccccc3)c2)CC1. The van der Waals surface area contributed by atoms with Crippen LogP contribution >= 0.6 is 0 Å². The monoisotopic (exact) mass is 404 g/mol. The van der Waals surface area contributed by atoms with Crippen molar-refractivity contribution in [1.82, 2.24) is 19.6 Å². The van der Waals surface area contributed by atoms with Crippen LogP contribution in [0.25, 0.3) is 5.69 Å². The van der Waals surface area contributed by atoms with Crippen molar-refractivity contribution >= 4 is 5.91 Å². The van der Waals surface area contributed by atoms with E-state index >= 15 is 0 Å². The number of aromatic nitrogens is 2. The minimum Gasteiger partial charge on any atom is -0.364 e. The Hall–Kier alpha value is -2.96. The van der Waals surface area contributed by atoms with Crippen LogP contribution in [0.15, 0.2) is 73.1 Å². The van der Waals surface area contributed by atoms with Gasteiger partial charge in [0, 0.05) is 44.5 Å². The smallest absolute Gasteiger partial charge is 0.251 e. The van der Waals surface area contributed by atoms with Crippen LogP contribution in [0.5, 0.6) is 0 Å². The summed E-state index contributed by atoms with van der Waals surface area (Å²) in [6.45, 7) is 6.31. The third-order valence-electron chi connectivity index (χ3n) is 5.44. The first-order valence-electron chi connectivity index (χ1n) is 10.4. The van der Waals surface area contributed by atoms with Crippen molar-refractivity contribution in [2.75, 3.05) is 26.2 Å². The van der Waals surface area contributed by atoms with Gasteiger partial charge in [0.25, 0.3) is 5.91 Å². The molecule has 1 unspecified atom stereocenters. The number of nitrogens with zero attached hydrogens (tertiary/aromatic N) is 4. The Kier molecular flexibility index (Phi) is 6.57. The number of rotatable bonds is 7. The van der Waals surface area contributed by atoms with Gasteiger partial charge in [0.05, 0.1) is 18.5 Å². The molecule has 6 heteroatoms. The van der Waals surface area contributed by atoms with Gasteiger partial charge in [-0.25, -0.2) is 4.68 Å². The van der Waals surface area contributed by atoms with Gasteiger partial charge < -0.3 is 9.64 Å². The molecule has 1 fully saturated rings. The number of hydrogen-bond acceptors (Lipinski definition) is 4. The second kappa shape index (κ2) is 9.69. The van der Waals surface area contributed by atoms with Gasteiger partial charge in [0.15, 0.2) is 0 Å². The van der Waals surface area contributed by atoms with Gasteiger partial charge >= 0.3 is 0 Å². The molecule has 0 spiro atoms. The normalized spacial score (nSPS) is 15.8. The molecule has 6 nitrogen and oxygen atoms in total. The summed E-state index contributed by atoms with van der Waals surface area (Å²) in [7, 11) is 0. The standard InChI is InChI=1S/C24H28N4O2/c1-20(30-19-21-8-4-2-5-9-21)24(29)27-14-12-26(13-15-27)17-22-16-25-28(18-22)23-10-6-3-7-11-23/h2-11,16,18,20H,12-15,17,19H2,1H3. The van der Waals surface area contributed by atoms with E-state index in [1.165, 1.54) is 5.56 Å². The quantitative estimate of drug-likeness (QED) is 0.607. The van der Waals surface area contributed by atoms with Gasteiger partial charge in [-0.3, -0.25) is 9.69 Å². The van der Waals surface area contributed by atoms with Crippen molar-refractivity contribution < 1.29 is 9.53 Å². The molecule has 1 aromatic heterocycles. The molecule has 4 rings (SSSR count). The van der Waals surface area contributed by atoms with E-state index in [0.717, 1.165) is 44.0 Å². The van der Waals surface area contributed by atoms with E-state index in [9.17, 15) is 4.79 Å². The van der Waals surface area contributed by atoms with E-state index in [0.29, 0.717) is 6.61 Å². The Morgan fingerprint density at radius 1 is 0.967 bits per heavy atom. The number of hydrogen-bond donors (Lipinski definition) is 0. The Morgan fingerprint density at radius 3 is 2.33 bits per heavy atom. The van der Waals surface area contributed by atoms with Crippen LogP contribution in [0.1, 0.15) is 18.1 Å². The Morgan fingerprint density at radius 2 is 1.63 bits per heavy atom. The number of piperazine rings is 1. The summed E-state index contributed by atoms with van der Waals surface area (Å²) in [5.74, 6) is 0.0717. The van der Waals surface area contributed by atoms with Crippen molar-refractivity contribution in [3.63, 3.8) is 0 Å². The van der Waals surface area contributed by atoms with Gasteiger partial charge in [-0.05, 0) is 24.6 Å². The first-order valence-corrected chi connectivity index (χ1v) is 10.4. The summed E-state index contributed by atoms with van der Waals surface area (Å²) in [5, 5.41) is 4.47. The average Bonchev–Trinajstić information content (AvgIpc) is 3.27. The van der Waals surface area contributed by atoms with Crippen molar-refractivity contribution in [3.8, 4) is 5.69 Å². The molecule has 30 heavy (non-hydrogen) atoms. The molecule has 1 amide bonds. The van der Waals surface area contributed by atoms with Crippen LogP contribution in [0.2, 0.25) is 0 Å². The van der Waals surface area contributed by atoms with Crippen LogP contribution in [-0.4, -0.2) is 57.8 Å². The highest BCUT2D eigenvalue weighted by atomic mass is 16.5. The Labute approximate surface area is 177 Å². The number of carbonyl (C=O) groups excluding carboxylic acids is 1. The zero-order valence-corrected chi connectivity index (χ0v) is 17.4. The molecule has 0 aliphatic carbocycles. The summed E-state index contributed by atoms with van der Waals surface area (Å²) in [6.07, 6.45) is 3.57. The first kappa shape index (κ1) is 20.3. The van der Waals surface area contributed by atoms with Crippen LogP contribution in [0.4, 0.5) is 0 Å². The second-order valence-corrected chi connectivity index (χ2v) is 7.67. The molecule has 1 saturated heterocycles. The van der Waals surface area contributed by atoms with E-state index in [2.05, 4.69) is 16.2 Å². The maximum atomic E-state index is 12.7. The number of ether oxygens (including phenoxy) is 1. The van der Waals surface area contributed by atoms with Crippen LogP contribution in [0, 0.1) is 0 Å². The zero-order chi connectivity index (χ0) is 20.8. The van der Waals surface area contributed by atoms with Crippen LogP contribution < -0.4 is 0 Å². The summed E-state index contributed by atoms with van der Waals surface area (Å²) < 4.78 is 7.70. The zero-order valence-electron chi connectivity index (χ0n) is 17.4. The van der Waals surface area contributed by atoms with E-state index in [1.54, 1.807) is 0 Å². The fourth-order valence-corrected chi connectivity index (χ4v) is 3.67. The lowest BCUT2D eigenvalue weighted by Gasteiger charge is -2.35. The topological polar surface area (TPSA) is 50.6 Å². The van der Waals surface area contributed by atoms with Crippen LogP contribution in [-0.2, 0) is 22.7 Å². The second-order valence-electron chi connectivity index (χ2n) is 7.67. The third kappa shape index (κ3) is 5.14. The third-order valence-corrected chi connectivity index (χ3v) is 5.44. The van der Waals surface area contributed by atoms with Crippen molar-refractivity contribution in [2.24, 2.45) is 0 Å². The van der Waals surface area contributed by atoms with Gasteiger partial charge in [0.2, 0.25) is 0 Å². The lowest BCUT2D eigenvalue weighted by atomic mass is 10.2. The van der Waals surface area contributed by atoms with E-state index in [4.69, 9.17) is 4.74 Å². The number of amides is 1. The molecule has 156 valence electrons.